The molecule has 4 rings (SSSR count). The number of carboxylic acid groups (broad SMARTS) is 1. The molecule has 25 heavy (non-hydrogen) atoms. The van der Waals surface area contributed by atoms with Crippen molar-refractivity contribution in [2.45, 2.75) is 42.5 Å². The van der Waals surface area contributed by atoms with E-state index in [0.717, 1.165) is 17.8 Å². The van der Waals surface area contributed by atoms with Gasteiger partial charge in [0, 0.05) is 17.9 Å². The van der Waals surface area contributed by atoms with Gasteiger partial charge in [0.25, 0.3) is 0 Å². The summed E-state index contributed by atoms with van der Waals surface area (Å²) in [7, 11) is 0. The second-order valence-corrected chi connectivity index (χ2v) is 7.67. The third kappa shape index (κ3) is 3.28. The zero-order valence-electron chi connectivity index (χ0n) is 13.7. The summed E-state index contributed by atoms with van der Waals surface area (Å²) in [5, 5.41) is 13.2. The van der Waals surface area contributed by atoms with Crippen molar-refractivity contribution >= 4 is 23.6 Å². The molecule has 0 radical (unpaired) electrons. The summed E-state index contributed by atoms with van der Waals surface area (Å²) in [5.41, 5.74) is 3.03. The van der Waals surface area contributed by atoms with Crippen molar-refractivity contribution in [1.29, 1.82) is 0 Å². The molecule has 0 spiro atoms. The van der Waals surface area contributed by atoms with Crippen LogP contribution in [-0.4, -0.2) is 43.5 Å². The minimum absolute atomic E-state index is 0.0432. The average molecular weight is 357 g/mol. The van der Waals surface area contributed by atoms with Crippen LogP contribution >= 0.6 is 11.8 Å². The number of carbonyl (C=O) groups is 2. The van der Waals surface area contributed by atoms with E-state index in [-0.39, 0.29) is 17.6 Å². The third-order valence-corrected chi connectivity index (χ3v) is 5.98. The van der Waals surface area contributed by atoms with Gasteiger partial charge in [0.05, 0.1) is 36.1 Å². The minimum atomic E-state index is -0.819. The Morgan fingerprint density at radius 2 is 2.12 bits per heavy atom. The van der Waals surface area contributed by atoms with Crippen molar-refractivity contribution in [1.82, 2.24) is 14.7 Å². The fourth-order valence-corrected chi connectivity index (χ4v) is 4.67. The van der Waals surface area contributed by atoms with Crippen LogP contribution in [0.1, 0.15) is 23.4 Å². The Morgan fingerprint density at radius 3 is 2.92 bits per heavy atom. The first-order valence-electron chi connectivity index (χ1n) is 8.41. The molecular formula is C18H19N3O3S. The zero-order valence-corrected chi connectivity index (χ0v) is 14.5. The molecule has 2 aliphatic rings. The lowest BCUT2D eigenvalue weighted by atomic mass is 10.1. The molecule has 7 heteroatoms. The SMILES string of the molecule is O=C(O)CCc1cc2n(n1)CCN(C(=O)[C@H]1Cc3ccccc3S1)C2. The number of rotatable bonds is 4. The highest BCUT2D eigenvalue weighted by Crippen LogP contribution is 2.38. The first-order chi connectivity index (χ1) is 12.1. The maximum Gasteiger partial charge on any atom is 0.303 e. The minimum Gasteiger partial charge on any atom is -0.481 e. The summed E-state index contributed by atoms with van der Waals surface area (Å²) in [4.78, 5) is 26.7. The monoisotopic (exact) mass is 357 g/mol. The highest BCUT2D eigenvalue weighted by atomic mass is 32.2. The van der Waals surface area contributed by atoms with Crippen molar-refractivity contribution in [3.8, 4) is 0 Å². The Morgan fingerprint density at radius 1 is 1.28 bits per heavy atom. The summed E-state index contributed by atoms with van der Waals surface area (Å²) in [5.74, 6) is -0.638. The van der Waals surface area contributed by atoms with E-state index < -0.39 is 5.97 Å². The predicted molar refractivity (Wildman–Crippen MR) is 93.4 cm³/mol. The molecule has 0 bridgehead atoms. The molecule has 0 unspecified atom stereocenters. The normalized spacial score (nSPS) is 18.7. The number of hydrogen-bond donors (Lipinski definition) is 1. The quantitative estimate of drug-likeness (QED) is 0.905. The van der Waals surface area contributed by atoms with Crippen molar-refractivity contribution in [3.63, 3.8) is 0 Å². The Bertz CT molecular complexity index is 808. The van der Waals surface area contributed by atoms with Gasteiger partial charge in [-0.15, -0.1) is 11.8 Å². The van der Waals surface area contributed by atoms with E-state index >= 15 is 0 Å². The molecule has 1 aromatic heterocycles. The smallest absolute Gasteiger partial charge is 0.303 e. The van der Waals surface area contributed by atoms with Crippen LogP contribution in [0.15, 0.2) is 35.2 Å². The summed E-state index contributed by atoms with van der Waals surface area (Å²) in [6.45, 7) is 1.87. The molecule has 0 saturated carbocycles. The van der Waals surface area contributed by atoms with E-state index in [2.05, 4.69) is 17.2 Å². The molecular weight excluding hydrogens is 338 g/mol. The molecule has 0 aliphatic carbocycles. The molecule has 130 valence electrons. The van der Waals surface area contributed by atoms with E-state index in [1.807, 2.05) is 27.8 Å². The summed E-state index contributed by atoms with van der Waals surface area (Å²) < 4.78 is 1.90. The van der Waals surface area contributed by atoms with Crippen LogP contribution in [-0.2, 0) is 35.5 Å². The Kier molecular flexibility index (Phi) is 4.25. The fourth-order valence-electron chi connectivity index (χ4n) is 3.39. The fraction of sp³-hybridized carbons (Fsp3) is 0.389. The second-order valence-electron chi connectivity index (χ2n) is 6.42. The zero-order chi connectivity index (χ0) is 17.4. The first kappa shape index (κ1) is 16.2. The number of aliphatic carboxylic acids is 1. The maximum absolute atomic E-state index is 12.9. The molecule has 1 aromatic carbocycles. The van der Waals surface area contributed by atoms with Crippen LogP contribution in [0.5, 0.6) is 0 Å². The molecule has 2 aromatic rings. The van der Waals surface area contributed by atoms with Crippen LogP contribution in [0.25, 0.3) is 0 Å². The van der Waals surface area contributed by atoms with Crippen LogP contribution in [0, 0.1) is 0 Å². The number of nitrogens with zero attached hydrogens (tertiary/aromatic N) is 3. The van der Waals surface area contributed by atoms with Crippen LogP contribution < -0.4 is 0 Å². The number of fused-ring (bicyclic) bond motifs is 2. The molecule has 2 aliphatic heterocycles. The molecule has 1 amide bonds. The summed E-state index contributed by atoms with van der Waals surface area (Å²) in [6.07, 6.45) is 1.30. The largest absolute Gasteiger partial charge is 0.481 e. The van der Waals surface area contributed by atoms with Gasteiger partial charge < -0.3 is 10.0 Å². The predicted octanol–water partition coefficient (Wildman–Crippen LogP) is 1.96. The van der Waals surface area contributed by atoms with Crippen molar-refractivity contribution < 1.29 is 14.7 Å². The van der Waals surface area contributed by atoms with Crippen LogP contribution in [0.3, 0.4) is 0 Å². The molecule has 3 heterocycles. The van der Waals surface area contributed by atoms with Gasteiger partial charge in [0.15, 0.2) is 0 Å². The number of hydrogen-bond acceptors (Lipinski definition) is 4. The van der Waals surface area contributed by atoms with Crippen LogP contribution in [0.2, 0.25) is 0 Å². The standard InChI is InChI=1S/C18H19N3O3S/c22-17(23)6-5-13-10-14-11-20(7-8-21(14)19-13)18(24)16-9-12-3-1-2-4-15(12)25-16/h1-4,10,16H,5-9,11H2,(H,22,23)/t16-/m1/s1. The molecule has 6 nitrogen and oxygen atoms in total. The van der Waals surface area contributed by atoms with Crippen molar-refractivity contribution in [3.05, 3.63) is 47.3 Å². The van der Waals surface area contributed by atoms with Gasteiger partial charge in [-0.3, -0.25) is 14.3 Å². The first-order valence-corrected chi connectivity index (χ1v) is 9.29. The topological polar surface area (TPSA) is 75.4 Å². The van der Waals surface area contributed by atoms with Crippen molar-refractivity contribution in [2.75, 3.05) is 6.54 Å². The number of thioether (sulfide) groups is 1. The molecule has 0 fully saturated rings. The van der Waals surface area contributed by atoms with Crippen LogP contribution in [0.4, 0.5) is 0 Å². The lowest BCUT2D eigenvalue weighted by Gasteiger charge is -2.29. The van der Waals surface area contributed by atoms with Gasteiger partial charge in [0.1, 0.15) is 0 Å². The molecule has 0 saturated heterocycles. The van der Waals surface area contributed by atoms with E-state index in [9.17, 15) is 9.59 Å². The van der Waals surface area contributed by atoms with Gasteiger partial charge in [-0.25, -0.2) is 0 Å². The highest BCUT2D eigenvalue weighted by Gasteiger charge is 2.33. The Labute approximate surface area is 149 Å². The van der Waals surface area contributed by atoms with Gasteiger partial charge in [-0.2, -0.15) is 5.10 Å². The summed E-state index contributed by atoms with van der Waals surface area (Å²) in [6, 6.07) is 10.1. The number of aromatic nitrogens is 2. The number of aryl methyl sites for hydroxylation is 1. The average Bonchev–Trinajstić information content (AvgIpc) is 3.22. The molecule has 1 N–H and O–H groups in total. The van der Waals surface area contributed by atoms with Gasteiger partial charge in [-0.1, -0.05) is 18.2 Å². The van der Waals surface area contributed by atoms with Gasteiger partial charge in [0.2, 0.25) is 5.91 Å². The van der Waals surface area contributed by atoms with E-state index in [0.29, 0.717) is 26.1 Å². The number of carbonyl (C=O) groups excluding carboxylic acids is 1. The number of amides is 1. The third-order valence-electron chi connectivity index (χ3n) is 4.68. The van der Waals surface area contributed by atoms with Gasteiger partial charge >= 0.3 is 5.97 Å². The number of carboxylic acids is 1. The second kappa shape index (κ2) is 6.55. The van der Waals surface area contributed by atoms with E-state index in [4.69, 9.17) is 5.11 Å². The number of benzene rings is 1. The van der Waals surface area contributed by atoms with Crippen molar-refractivity contribution in [2.24, 2.45) is 0 Å². The lowest BCUT2D eigenvalue weighted by molar-refractivity contribution is -0.137. The van der Waals surface area contributed by atoms with E-state index in [1.54, 1.807) is 11.8 Å². The highest BCUT2D eigenvalue weighted by molar-refractivity contribution is 8.01. The van der Waals surface area contributed by atoms with Gasteiger partial charge in [-0.05, 0) is 24.1 Å². The molecule has 1 atom stereocenters. The van der Waals surface area contributed by atoms with E-state index in [1.165, 1.54) is 10.5 Å². The maximum atomic E-state index is 12.9. The Hall–Kier alpha value is -2.28. The lowest BCUT2D eigenvalue weighted by Crippen LogP contribution is -2.42. The summed E-state index contributed by atoms with van der Waals surface area (Å²) >= 11 is 1.66. The Balaban J connectivity index is 1.42.